The first kappa shape index (κ1) is 14.2. The van der Waals surface area contributed by atoms with Crippen molar-refractivity contribution in [2.75, 3.05) is 25.8 Å². The molecule has 0 radical (unpaired) electrons. The SMILES string of the molecule is COc1cccc([C@@H]2C3=C(COC3=O)Nc3cc4c(cc32)OCO4)c1. The summed E-state index contributed by atoms with van der Waals surface area (Å²) in [6.45, 7) is 0.458. The highest BCUT2D eigenvalue weighted by Crippen LogP contribution is 2.49. The summed E-state index contributed by atoms with van der Waals surface area (Å²) in [5, 5.41) is 3.31. The largest absolute Gasteiger partial charge is 0.497 e. The van der Waals surface area contributed by atoms with E-state index < -0.39 is 0 Å². The van der Waals surface area contributed by atoms with Gasteiger partial charge in [-0.15, -0.1) is 0 Å². The van der Waals surface area contributed by atoms with Gasteiger partial charge < -0.3 is 24.3 Å². The molecule has 25 heavy (non-hydrogen) atoms. The van der Waals surface area contributed by atoms with E-state index >= 15 is 0 Å². The van der Waals surface area contributed by atoms with Crippen molar-refractivity contribution in [3.8, 4) is 17.2 Å². The number of methoxy groups -OCH3 is 1. The normalized spacial score (nSPS) is 19.9. The molecule has 3 aliphatic heterocycles. The number of carbonyl (C=O) groups is 1. The van der Waals surface area contributed by atoms with Crippen molar-refractivity contribution in [1.29, 1.82) is 0 Å². The Morgan fingerprint density at radius 1 is 1.12 bits per heavy atom. The summed E-state index contributed by atoms with van der Waals surface area (Å²) in [6, 6.07) is 11.6. The molecule has 0 bridgehead atoms. The van der Waals surface area contributed by atoms with E-state index in [0.717, 1.165) is 28.3 Å². The molecule has 126 valence electrons. The lowest BCUT2D eigenvalue weighted by Crippen LogP contribution is -2.19. The molecule has 0 unspecified atom stereocenters. The number of hydrogen-bond donors (Lipinski definition) is 1. The van der Waals surface area contributed by atoms with Gasteiger partial charge >= 0.3 is 5.97 Å². The zero-order valence-corrected chi connectivity index (χ0v) is 13.5. The van der Waals surface area contributed by atoms with E-state index in [4.69, 9.17) is 18.9 Å². The van der Waals surface area contributed by atoms with Gasteiger partial charge in [0.2, 0.25) is 6.79 Å². The van der Waals surface area contributed by atoms with Crippen LogP contribution in [0.2, 0.25) is 0 Å². The molecule has 3 heterocycles. The minimum absolute atomic E-state index is 0.206. The molecular weight excluding hydrogens is 322 g/mol. The van der Waals surface area contributed by atoms with Crippen LogP contribution in [-0.2, 0) is 9.53 Å². The van der Waals surface area contributed by atoms with E-state index in [-0.39, 0.29) is 25.3 Å². The van der Waals surface area contributed by atoms with Crippen LogP contribution >= 0.6 is 0 Å². The number of carbonyl (C=O) groups excluding carboxylic acids is 1. The molecule has 0 saturated carbocycles. The molecule has 0 amide bonds. The monoisotopic (exact) mass is 337 g/mol. The fourth-order valence-electron chi connectivity index (χ4n) is 3.60. The zero-order valence-electron chi connectivity index (χ0n) is 13.5. The number of anilines is 1. The van der Waals surface area contributed by atoms with Crippen molar-refractivity contribution in [3.05, 3.63) is 58.8 Å². The number of esters is 1. The topological polar surface area (TPSA) is 66.0 Å². The van der Waals surface area contributed by atoms with E-state index in [1.807, 2.05) is 36.4 Å². The quantitative estimate of drug-likeness (QED) is 0.850. The zero-order chi connectivity index (χ0) is 17.0. The summed E-state index contributed by atoms with van der Waals surface area (Å²) in [5.74, 6) is 1.59. The van der Waals surface area contributed by atoms with Gasteiger partial charge in [-0.25, -0.2) is 4.79 Å². The second-order valence-electron chi connectivity index (χ2n) is 6.10. The maximum absolute atomic E-state index is 12.4. The number of rotatable bonds is 2. The van der Waals surface area contributed by atoms with Crippen molar-refractivity contribution >= 4 is 11.7 Å². The standard InChI is InChI=1S/C19H15NO5/c1-22-11-4-2-3-10(5-11)17-12-6-15-16(25-9-24-15)7-13(12)20-14-8-23-19(21)18(14)17/h2-7,17,20H,8-9H2,1H3/t17-/m0/s1. The molecule has 0 aromatic heterocycles. The van der Waals surface area contributed by atoms with Crippen LogP contribution in [0.5, 0.6) is 17.2 Å². The van der Waals surface area contributed by atoms with Gasteiger partial charge in [0.05, 0.1) is 18.4 Å². The molecule has 0 aliphatic carbocycles. The van der Waals surface area contributed by atoms with Crippen LogP contribution in [0.25, 0.3) is 0 Å². The lowest BCUT2D eigenvalue weighted by molar-refractivity contribution is -0.136. The Bertz CT molecular complexity index is 933. The fourth-order valence-corrected chi connectivity index (χ4v) is 3.60. The maximum atomic E-state index is 12.4. The Morgan fingerprint density at radius 3 is 2.80 bits per heavy atom. The molecule has 6 heteroatoms. The van der Waals surface area contributed by atoms with Gasteiger partial charge in [0.1, 0.15) is 12.4 Å². The predicted molar refractivity (Wildman–Crippen MR) is 89.0 cm³/mol. The fraction of sp³-hybridized carbons (Fsp3) is 0.211. The first-order chi connectivity index (χ1) is 12.2. The molecule has 2 aromatic rings. The average molecular weight is 337 g/mol. The molecule has 0 saturated heterocycles. The summed E-state index contributed by atoms with van der Waals surface area (Å²) in [6.07, 6.45) is 0. The molecule has 1 atom stereocenters. The van der Waals surface area contributed by atoms with Crippen molar-refractivity contribution in [2.24, 2.45) is 0 Å². The number of fused-ring (bicyclic) bond motifs is 2. The van der Waals surface area contributed by atoms with Gasteiger partial charge in [0.25, 0.3) is 0 Å². The Balaban J connectivity index is 1.72. The van der Waals surface area contributed by atoms with Crippen molar-refractivity contribution in [3.63, 3.8) is 0 Å². The Labute approximate surface area is 144 Å². The number of ether oxygens (including phenoxy) is 4. The van der Waals surface area contributed by atoms with Crippen LogP contribution in [0, 0.1) is 0 Å². The highest BCUT2D eigenvalue weighted by molar-refractivity contribution is 5.97. The Hall–Kier alpha value is -3.15. The minimum atomic E-state index is -0.293. The van der Waals surface area contributed by atoms with Crippen LogP contribution < -0.4 is 19.5 Å². The second kappa shape index (κ2) is 5.17. The van der Waals surface area contributed by atoms with Crippen LogP contribution in [-0.4, -0.2) is 26.5 Å². The first-order valence-electron chi connectivity index (χ1n) is 7.99. The number of hydrogen-bond acceptors (Lipinski definition) is 6. The number of benzene rings is 2. The molecule has 5 rings (SSSR count). The number of cyclic esters (lactones) is 1. The number of nitrogens with one attached hydrogen (secondary N) is 1. The Morgan fingerprint density at radius 2 is 1.96 bits per heavy atom. The maximum Gasteiger partial charge on any atom is 0.337 e. The molecular formula is C19H15NO5. The summed E-state index contributed by atoms with van der Waals surface area (Å²) in [5.41, 5.74) is 4.25. The summed E-state index contributed by atoms with van der Waals surface area (Å²) in [4.78, 5) is 12.4. The third-order valence-corrected chi connectivity index (χ3v) is 4.75. The molecule has 1 N–H and O–H groups in total. The van der Waals surface area contributed by atoms with Gasteiger partial charge in [0.15, 0.2) is 11.5 Å². The van der Waals surface area contributed by atoms with Gasteiger partial charge in [-0.2, -0.15) is 0 Å². The average Bonchev–Trinajstić information content (AvgIpc) is 3.24. The third-order valence-electron chi connectivity index (χ3n) is 4.75. The lowest BCUT2D eigenvalue weighted by Gasteiger charge is -2.27. The van der Waals surface area contributed by atoms with E-state index in [9.17, 15) is 4.79 Å². The highest BCUT2D eigenvalue weighted by Gasteiger charge is 2.39. The van der Waals surface area contributed by atoms with Gasteiger partial charge in [-0.05, 0) is 29.3 Å². The van der Waals surface area contributed by atoms with Crippen molar-refractivity contribution in [1.82, 2.24) is 0 Å². The van der Waals surface area contributed by atoms with Crippen LogP contribution in [0.4, 0.5) is 5.69 Å². The Kier molecular flexibility index (Phi) is 2.94. The molecule has 2 aromatic carbocycles. The lowest BCUT2D eigenvalue weighted by atomic mass is 9.81. The van der Waals surface area contributed by atoms with Crippen LogP contribution in [0.1, 0.15) is 17.0 Å². The summed E-state index contributed by atoms with van der Waals surface area (Å²) in [7, 11) is 1.63. The first-order valence-corrected chi connectivity index (χ1v) is 7.99. The molecule has 3 aliphatic rings. The van der Waals surface area contributed by atoms with Crippen molar-refractivity contribution < 1.29 is 23.7 Å². The van der Waals surface area contributed by atoms with Crippen LogP contribution in [0.3, 0.4) is 0 Å². The van der Waals surface area contributed by atoms with Gasteiger partial charge in [0, 0.05) is 17.7 Å². The van der Waals surface area contributed by atoms with Crippen molar-refractivity contribution in [2.45, 2.75) is 5.92 Å². The molecule has 6 nitrogen and oxygen atoms in total. The molecule has 0 fully saturated rings. The van der Waals surface area contributed by atoms with Gasteiger partial charge in [-0.1, -0.05) is 12.1 Å². The third kappa shape index (κ3) is 2.07. The second-order valence-corrected chi connectivity index (χ2v) is 6.10. The highest BCUT2D eigenvalue weighted by atomic mass is 16.7. The van der Waals surface area contributed by atoms with E-state index in [0.29, 0.717) is 17.1 Å². The van der Waals surface area contributed by atoms with Gasteiger partial charge in [-0.3, -0.25) is 0 Å². The van der Waals surface area contributed by atoms with E-state index in [2.05, 4.69) is 5.32 Å². The summed E-state index contributed by atoms with van der Waals surface area (Å²) < 4.78 is 21.6. The summed E-state index contributed by atoms with van der Waals surface area (Å²) >= 11 is 0. The predicted octanol–water partition coefficient (Wildman–Crippen LogP) is 2.79. The van der Waals surface area contributed by atoms with Crippen LogP contribution in [0.15, 0.2) is 47.7 Å². The molecule has 0 spiro atoms. The minimum Gasteiger partial charge on any atom is -0.497 e. The van der Waals surface area contributed by atoms with E-state index in [1.165, 1.54) is 0 Å². The van der Waals surface area contributed by atoms with E-state index in [1.54, 1.807) is 7.11 Å². The smallest absolute Gasteiger partial charge is 0.337 e.